The molecule has 0 aliphatic carbocycles. The Balaban J connectivity index is 1.97. The van der Waals surface area contributed by atoms with Crippen LogP contribution in [0.5, 0.6) is 5.75 Å². The van der Waals surface area contributed by atoms with Crippen LogP contribution in [0.4, 0.5) is 0 Å². The van der Waals surface area contributed by atoms with Gasteiger partial charge in [0.1, 0.15) is 5.75 Å². The van der Waals surface area contributed by atoms with Crippen LogP contribution in [0, 0.1) is 0 Å². The van der Waals surface area contributed by atoms with Crippen LogP contribution < -0.4 is 20.7 Å². The quantitative estimate of drug-likeness (QED) is 0.443. The Morgan fingerprint density at radius 2 is 2.09 bits per heavy atom. The summed E-state index contributed by atoms with van der Waals surface area (Å²) in [6.45, 7) is 11.8. The Morgan fingerprint density at radius 3 is 2.83 bits per heavy atom. The molecule has 1 unspecified atom stereocenters. The van der Waals surface area contributed by atoms with Gasteiger partial charge >= 0.3 is 0 Å². The molecule has 128 valence electrons. The highest BCUT2D eigenvalue weighted by Crippen LogP contribution is 2.31. The van der Waals surface area contributed by atoms with Gasteiger partial charge in [0.15, 0.2) is 5.96 Å². The van der Waals surface area contributed by atoms with E-state index in [0.29, 0.717) is 0 Å². The van der Waals surface area contributed by atoms with Gasteiger partial charge in [-0.1, -0.05) is 18.2 Å². The standard InChI is InChI=1S/C18H30N4O/c1-5-19-17(20-11-12-21-18(2,3)4)22-15-10-13-23-16-9-7-6-8-14(15)16/h6-9,15,21H,5,10-13H2,1-4H3,(H2,19,20,22). The van der Waals surface area contributed by atoms with Crippen molar-refractivity contribution in [2.45, 2.75) is 45.7 Å². The number of hydrogen-bond donors (Lipinski definition) is 3. The molecule has 5 nitrogen and oxygen atoms in total. The molecule has 0 aromatic heterocycles. The fourth-order valence-electron chi connectivity index (χ4n) is 2.58. The number of guanidine groups is 1. The van der Waals surface area contributed by atoms with Crippen molar-refractivity contribution in [2.75, 3.05) is 26.2 Å². The highest BCUT2D eigenvalue weighted by molar-refractivity contribution is 5.80. The molecule has 1 aromatic carbocycles. The fourth-order valence-corrected chi connectivity index (χ4v) is 2.58. The smallest absolute Gasteiger partial charge is 0.191 e. The van der Waals surface area contributed by atoms with Gasteiger partial charge in [-0.2, -0.15) is 0 Å². The van der Waals surface area contributed by atoms with Crippen LogP contribution in [0.25, 0.3) is 0 Å². The number of ether oxygens (including phenoxy) is 1. The molecule has 0 spiro atoms. The van der Waals surface area contributed by atoms with Crippen molar-refractivity contribution < 1.29 is 4.74 Å². The van der Waals surface area contributed by atoms with E-state index in [9.17, 15) is 0 Å². The number of aliphatic imine (C=N–C) groups is 1. The third-order valence-electron chi connectivity index (χ3n) is 3.65. The lowest BCUT2D eigenvalue weighted by atomic mass is 10.0. The summed E-state index contributed by atoms with van der Waals surface area (Å²) in [5.41, 5.74) is 1.33. The van der Waals surface area contributed by atoms with Crippen LogP contribution in [0.15, 0.2) is 29.3 Å². The van der Waals surface area contributed by atoms with Crippen LogP contribution >= 0.6 is 0 Å². The van der Waals surface area contributed by atoms with Gasteiger partial charge in [-0.05, 0) is 33.8 Å². The average molecular weight is 318 g/mol. The number of fused-ring (bicyclic) bond motifs is 1. The molecule has 5 heteroatoms. The molecule has 1 aromatic rings. The first kappa shape index (κ1) is 17.6. The Labute approximate surface area is 139 Å². The zero-order valence-electron chi connectivity index (χ0n) is 14.8. The van der Waals surface area contributed by atoms with Gasteiger partial charge in [-0.15, -0.1) is 0 Å². The number of rotatable bonds is 5. The largest absolute Gasteiger partial charge is 0.493 e. The lowest BCUT2D eigenvalue weighted by molar-refractivity contribution is 0.261. The van der Waals surface area contributed by atoms with E-state index in [4.69, 9.17) is 4.74 Å². The normalized spacial score (nSPS) is 18.1. The molecule has 1 heterocycles. The minimum Gasteiger partial charge on any atom is -0.493 e. The van der Waals surface area contributed by atoms with Crippen LogP contribution in [0.3, 0.4) is 0 Å². The third-order valence-corrected chi connectivity index (χ3v) is 3.65. The minimum atomic E-state index is 0.126. The van der Waals surface area contributed by atoms with Crippen molar-refractivity contribution in [1.29, 1.82) is 0 Å². The van der Waals surface area contributed by atoms with Crippen molar-refractivity contribution in [2.24, 2.45) is 4.99 Å². The minimum absolute atomic E-state index is 0.126. The summed E-state index contributed by atoms with van der Waals surface area (Å²) in [7, 11) is 0. The highest BCUT2D eigenvalue weighted by Gasteiger charge is 2.21. The molecule has 3 N–H and O–H groups in total. The Morgan fingerprint density at radius 1 is 1.30 bits per heavy atom. The lowest BCUT2D eigenvalue weighted by Gasteiger charge is -2.28. The Bertz CT molecular complexity index is 522. The second-order valence-corrected chi connectivity index (χ2v) is 6.81. The molecule has 1 atom stereocenters. The first-order valence-corrected chi connectivity index (χ1v) is 8.51. The van der Waals surface area contributed by atoms with Crippen molar-refractivity contribution in [3.63, 3.8) is 0 Å². The molecule has 1 aliphatic rings. The number of nitrogens with one attached hydrogen (secondary N) is 3. The Hall–Kier alpha value is -1.75. The predicted octanol–water partition coefficient (Wildman–Crippen LogP) is 2.45. The van der Waals surface area contributed by atoms with Crippen molar-refractivity contribution in [1.82, 2.24) is 16.0 Å². The van der Waals surface area contributed by atoms with E-state index in [1.807, 2.05) is 12.1 Å². The summed E-state index contributed by atoms with van der Waals surface area (Å²) < 4.78 is 5.72. The summed E-state index contributed by atoms with van der Waals surface area (Å²) >= 11 is 0. The zero-order chi connectivity index (χ0) is 16.7. The molecular formula is C18H30N4O. The monoisotopic (exact) mass is 318 g/mol. The summed E-state index contributed by atoms with van der Waals surface area (Å²) in [5.74, 6) is 1.84. The van der Waals surface area contributed by atoms with Gasteiger partial charge in [-0.25, -0.2) is 0 Å². The summed E-state index contributed by atoms with van der Waals surface area (Å²) in [6.07, 6.45) is 0.946. The van der Waals surface area contributed by atoms with Gasteiger partial charge in [0.25, 0.3) is 0 Å². The maximum absolute atomic E-state index is 5.72. The number of para-hydroxylation sites is 1. The maximum Gasteiger partial charge on any atom is 0.191 e. The fraction of sp³-hybridized carbons (Fsp3) is 0.611. The summed E-state index contributed by atoms with van der Waals surface area (Å²) in [6, 6.07) is 8.46. The number of benzene rings is 1. The molecule has 0 saturated carbocycles. The Kier molecular flexibility index (Phi) is 6.28. The van der Waals surface area contributed by atoms with Gasteiger partial charge in [0.2, 0.25) is 0 Å². The molecule has 0 amide bonds. The molecular weight excluding hydrogens is 288 g/mol. The molecule has 2 rings (SSSR count). The van der Waals surface area contributed by atoms with Crippen LogP contribution in [-0.2, 0) is 0 Å². The lowest BCUT2D eigenvalue weighted by Crippen LogP contribution is -2.42. The van der Waals surface area contributed by atoms with Gasteiger partial charge in [0, 0.05) is 30.6 Å². The summed E-state index contributed by atoms with van der Waals surface area (Å²) in [4.78, 5) is 4.67. The molecule has 23 heavy (non-hydrogen) atoms. The average Bonchev–Trinajstić information content (AvgIpc) is 2.51. The second kappa shape index (κ2) is 8.20. The van der Waals surface area contributed by atoms with Gasteiger partial charge in [0.05, 0.1) is 19.2 Å². The van der Waals surface area contributed by atoms with Crippen molar-refractivity contribution in [3.05, 3.63) is 29.8 Å². The van der Waals surface area contributed by atoms with E-state index in [1.54, 1.807) is 0 Å². The van der Waals surface area contributed by atoms with E-state index in [0.717, 1.165) is 44.4 Å². The first-order chi connectivity index (χ1) is 11.0. The van der Waals surface area contributed by atoms with Crippen LogP contribution in [-0.4, -0.2) is 37.7 Å². The predicted molar refractivity (Wildman–Crippen MR) is 96.2 cm³/mol. The second-order valence-electron chi connectivity index (χ2n) is 6.81. The SMILES string of the molecule is CCNC(=NCCNC(C)(C)C)NC1CCOc2ccccc21. The van der Waals surface area contributed by atoms with E-state index in [-0.39, 0.29) is 11.6 Å². The van der Waals surface area contributed by atoms with Gasteiger partial charge in [-0.3, -0.25) is 4.99 Å². The van der Waals surface area contributed by atoms with Crippen LogP contribution in [0.2, 0.25) is 0 Å². The number of hydrogen-bond acceptors (Lipinski definition) is 3. The van der Waals surface area contributed by atoms with E-state index in [1.165, 1.54) is 5.56 Å². The number of nitrogens with zero attached hydrogens (tertiary/aromatic N) is 1. The zero-order valence-corrected chi connectivity index (χ0v) is 14.8. The van der Waals surface area contributed by atoms with Crippen LogP contribution in [0.1, 0.15) is 45.7 Å². The van der Waals surface area contributed by atoms with Crippen molar-refractivity contribution >= 4 is 5.96 Å². The van der Waals surface area contributed by atoms with E-state index in [2.05, 4.69) is 60.8 Å². The molecule has 0 bridgehead atoms. The molecule has 0 fully saturated rings. The molecule has 1 aliphatic heterocycles. The summed E-state index contributed by atoms with van der Waals surface area (Å²) in [5, 5.41) is 10.3. The first-order valence-electron chi connectivity index (χ1n) is 8.51. The third kappa shape index (κ3) is 5.75. The van der Waals surface area contributed by atoms with Gasteiger partial charge < -0.3 is 20.7 Å². The molecule has 0 saturated heterocycles. The molecule has 0 radical (unpaired) electrons. The maximum atomic E-state index is 5.72. The highest BCUT2D eigenvalue weighted by atomic mass is 16.5. The van der Waals surface area contributed by atoms with E-state index < -0.39 is 0 Å². The van der Waals surface area contributed by atoms with Crippen molar-refractivity contribution in [3.8, 4) is 5.75 Å². The topological polar surface area (TPSA) is 57.7 Å². The van der Waals surface area contributed by atoms with E-state index >= 15 is 0 Å².